The van der Waals surface area contributed by atoms with Crippen LogP contribution in [0.15, 0.2) is 43.0 Å². The zero-order valence-electron chi connectivity index (χ0n) is 9.37. The SMILES string of the molecule is Br.COc1ccc(C(=O)Cn2ccnc2)cc1. The zero-order chi connectivity index (χ0) is 11.4. The van der Waals surface area contributed by atoms with E-state index in [4.69, 9.17) is 4.74 Å². The molecule has 2 aromatic rings. The van der Waals surface area contributed by atoms with Gasteiger partial charge >= 0.3 is 0 Å². The first-order chi connectivity index (χ1) is 7.79. The lowest BCUT2D eigenvalue weighted by atomic mass is 10.1. The third-order valence-corrected chi connectivity index (χ3v) is 2.30. The largest absolute Gasteiger partial charge is 0.497 e. The number of halogens is 1. The molecule has 0 aliphatic carbocycles. The molecule has 0 saturated carbocycles. The summed E-state index contributed by atoms with van der Waals surface area (Å²) in [5.41, 5.74) is 0.675. The van der Waals surface area contributed by atoms with Gasteiger partial charge in [-0.1, -0.05) is 0 Å². The van der Waals surface area contributed by atoms with E-state index in [1.807, 2.05) is 0 Å². The van der Waals surface area contributed by atoms with Crippen LogP contribution in [0, 0.1) is 0 Å². The normalized spacial score (nSPS) is 9.47. The Morgan fingerprint density at radius 2 is 2.06 bits per heavy atom. The molecule has 0 unspecified atom stereocenters. The highest BCUT2D eigenvalue weighted by Gasteiger charge is 2.06. The molecule has 0 radical (unpaired) electrons. The molecule has 2 rings (SSSR count). The molecule has 0 aliphatic heterocycles. The summed E-state index contributed by atoms with van der Waals surface area (Å²) in [4.78, 5) is 15.7. The van der Waals surface area contributed by atoms with Crippen LogP contribution in [0.3, 0.4) is 0 Å². The van der Waals surface area contributed by atoms with Gasteiger partial charge in [0.25, 0.3) is 0 Å². The molecule has 5 heteroatoms. The van der Waals surface area contributed by atoms with Gasteiger partial charge in [-0.2, -0.15) is 0 Å². The summed E-state index contributed by atoms with van der Waals surface area (Å²) in [6.07, 6.45) is 5.05. The van der Waals surface area contributed by atoms with Gasteiger partial charge in [0.05, 0.1) is 20.0 Å². The van der Waals surface area contributed by atoms with Crippen molar-refractivity contribution in [2.24, 2.45) is 0 Å². The summed E-state index contributed by atoms with van der Waals surface area (Å²) in [6.45, 7) is 0.312. The van der Waals surface area contributed by atoms with Crippen LogP contribution < -0.4 is 4.74 Å². The predicted molar refractivity (Wildman–Crippen MR) is 69.9 cm³/mol. The molecule has 0 amide bonds. The summed E-state index contributed by atoms with van der Waals surface area (Å²) in [6, 6.07) is 7.08. The number of imidazole rings is 1. The van der Waals surface area contributed by atoms with E-state index in [0.717, 1.165) is 5.75 Å². The molecule has 0 saturated heterocycles. The van der Waals surface area contributed by atoms with Crippen LogP contribution in [0.4, 0.5) is 0 Å². The van der Waals surface area contributed by atoms with Gasteiger partial charge in [-0.3, -0.25) is 4.79 Å². The average Bonchev–Trinajstić information content (AvgIpc) is 2.82. The maximum atomic E-state index is 11.8. The van der Waals surface area contributed by atoms with Crippen LogP contribution in [-0.4, -0.2) is 22.4 Å². The Morgan fingerprint density at radius 3 is 2.59 bits per heavy atom. The second kappa shape index (κ2) is 6.20. The fraction of sp³-hybridized carbons (Fsp3) is 0.167. The standard InChI is InChI=1S/C12H12N2O2.BrH/c1-16-11-4-2-10(3-5-11)12(15)8-14-7-6-13-9-14;/h2-7,9H,8H2,1H3;1H. The Morgan fingerprint density at radius 1 is 1.35 bits per heavy atom. The van der Waals surface area contributed by atoms with Gasteiger partial charge in [0.2, 0.25) is 0 Å². The van der Waals surface area contributed by atoms with Gasteiger partial charge in [-0.25, -0.2) is 4.98 Å². The van der Waals surface area contributed by atoms with Crippen molar-refractivity contribution in [1.29, 1.82) is 0 Å². The smallest absolute Gasteiger partial charge is 0.182 e. The molecule has 0 atom stereocenters. The lowest BCUT2D eigenvalue weighted by Gasteiger charge is -2.03. The van der Waals surface area contributed by atoms with Gasteiger partial charge in [0.15, 0.2) is 5.78 Å². The number of nitrogens with zero attached hydrogens (tertiary/aromatic N) is 2. The molecule has 0 bridgehead atoms. The molecule has 0 N–H and O–H groups in total. The highest BCUT2D eigenvalue weighted by molar-refractivity contribution is 8.93. The third-order valence-electron chi connectivity index (χ3n) is 2.30. The number of ketones is 1. The van der Waals surface area contributed by atoms with Crippen molar-refractivity contribution < 1.29 is 9.53 Å². The average molecular weight is 297 g/mol. The summed E-state index contributed by atoms with van der Waals surface area (Å²) < 4.78 is 6.77. The minimum absolute atomic E-state index is 0. The lowest BCUT2D eigenvalue weighted by molar-refractivity contribution is 0.0972. The quantitative estimate of drug-likeness (QED) is 0.814. The maximum absolute atomic E-state index is 11.8. The van der Waals surface area contributed by atoms with Crippen molar-refractivity contribution in [3.8, 4) is 5.75 Å². The Hall–Kier alpha value is -1.62. The number of carbonyl (C=O) groups is 1. The number of ether oxygens (including phenoxy) is 1. The molecular weight excluding hydrogens is 284 g/mol. The van der Waals surface area contributed by atoms with E-state index >= 15 is 0 Å². The molecule has 1 heterocycles. The van der Waals surface area contributed by atoms with Crippen LogP contribution >= 0.6 is 17.0 Å². The van der Waals surface area contributed by atoms with E-state index in [0.29, 0.717) is 12.1 Å². The Labute approximate surface area is 110 Å². The third kappa shape index (κ3) is 3.42. The summed E-state index contributed by atoms with van der Waals surface area (Å²) in [7, 11) is 1.60. The molecule has 0 fully saturated rings. The first-order valence-corrected chi connectivity index (χ1v) is 4.92. The van der Waals surface area contributed by atoms with E-state index in [1.54, 1.807) is 54.7 Å². The number of benzene rings is 1. The van der Waals surface area contributed by atoms with Crippen molar-refractivity contribution in [3.63, 3.8) is 0 Å². The van der Waals surface area contributed by atoms with Crippen molar-refractivity contribution in [3.05, 3.63) is 48.5 Å². The van der Waals surface area contributed by atoms with Crippen molar-refractivity contribution in [1.82, 2.24) is 9.55 Å². The van der Waals surface area contributed by atoms with Gasteiger partial charge in [0, 0.05) is 18.0 Å². The Balaban J connectivity index is 0.00000144. The minimum Gasteiger partial charge on any atom is -0.497 e. The monoisotopic (exact) mass is 296 g/mol. The molecule has 1 aromatic carbocycles. The van der Waals surface area contributed by atoms with Gasteiger partial charge in [-0.15, -0.1) is 17.0 Å². The Kier molecular flexibility index (Phi) is 4.90. The van der Waals surface area contributed by atoms with Crippen molar-refractivity contribution in [2.45, 2.75) is 6.54 Å². The lowest BCUT2D eigenvalue weighted by Crippen LogP contribution is -2.08. The van der Waals surface area contributed by atoms with Gasteiger partial charge < -0.3 is 9.30 Å². The highest BCUT2D eigenvalue weighted by Crippen LogP contribution is 2.12. The number of hydrogen-bond acceptors (Lipinski definition) is 3. The molecule has 90 valence electrons. The topological polar surface area (TPSA) is 44.1 Å². The number of carbonyl (C=O) groups excluding carboxylic acids is 1. The summed E-state index contributed by atoms with van der Waals surface area (Å²) in [5.74, 6) is 0.805. The van der Waals surface area contributed by atoms with Crippen LogP contribution in [0.5, 0.6) is 5.75 Å². The predicted octanol–water partition coefficient (Wildman–Crippen LogP) is 2.35. The molecule has 4 nitrogen and oxygen atoms in total. The van der Waals surface area contributed by atoms with E-state index < -0.39 is 0 Å². The molecule has 17 heavy (non-hydrogen) atoms. The van der Waals surface area contributed by atoms with E-state index in [-0.39, 0.29) is 22.8 Å². The first-order valence-electron chi connectivity index (χ1n) is 4.92. The van der Waals surface area contributed by atoms with E-state index in [1.165, 1.54) is 0 Å². The second-order valence-corrected chi connectivity index (χ2v) is 3.39. The van der Waals surface area contributed by atoms with E-state index in [2.05, 4.69) is 4.98 Å². The van der Waals surface area contributed by atoms with Crippen LogP contribution in [-0.2, 0) is 6.54 Å². The minimum atomic E-state index is 0. The van der Waals surface area contributed by atoms with Crippen molar-refractivity contribution >= 4 is 22.8 Å². The Bertz CT molecular complexity index is 466. The molecule has 0 aliphatic rings. The fourth-order valence-electron chi connectivity index (χ4n) is 1.41. The number of Topliss-reactive ketones (excluding diaryl/α,β-unsaturated/α-hetero) is 1. The van der Waals surface area contributed by atoms with Crippen LogP contribution in [0.1, 0.15) is 10.4 Å². The van der Waals surface area contributed by atoms with Crippen LogP contribution in [0.2, 0.25) is 0 Å². The molecular formula is C12H13BrN2O2. The number of hydrogen-bond donors (Lipinski definition) is 0. The second-order valence-electron chi connectivity index (χ2n) is 3.39. The summed E-state index contributed by atoms with van der Waals surface area (Å²) >= 11 is 0. The molecule has 1 aromatic heterocycles. The number of methoxy groups -OCH3 is 1. The van der Waals surface area contributed by atoms with Gasteiger partial charge in [-0.05, 0) is 24.3 Å². The van der Waals surface area contributed by atoms with Crippen molar-refractivity contribution in [2.75, 3.05) is 7.11 Å². The number of rotatable bonds is 4. The summed E-state index contributed by atoms with van der Waals surface area (Å²) in [5, 5.41) is 0. The molecule has 0 spiro atoms. The first kappa shape index (κ1) is 13.4. The zero-order valence-corrected chi connectivity index (χ0v) is 11.1. The van der Waals surface area contributed by atoms with Crippen LogP contribution in [0.25, 0.3) is 0 Å². The highest BCUT2D eigenvalue weighted by atomic mass is 79.9. The van der Waals surface area contributed by atoms with E-state index in [9.17, 15) is 4.79 Å². The number of aromatic nitrogens is 2. The fourth-order valence-corrected chi connectivity index (χ4v) is 1.41. The van der Waals surface area contributed by atoms with Gasteiger partial charge in [0.1, 0.15) is 5.75 Å². The maximum Gasteiger partial charge on any atom is 0.182 e.